The molecular weight excluding hydrogens is 264 g/mol. The highest BCUT2D eigenvalue weighted by molar-refractivity contribution is 9.10. The molecule has 0 saturated heterocycles. The van der Waals surface area contributed by atoms with Crippen LogP contribution in [-0.2, 0) is 0 Å². The van der Waals surface area contributed by atoms with Gasteiger partial charge in [0.25, 0.3) is 0 Å². The molecule has 0 aliphatic rings. The van der Waals surface area contributed by atoms with E-state index in [1.165, 1.54) is 0 Å². The summed E-state index contributed by atoms with van der Waals surface area (Å²) in [7, 11) is 1.63. The van der Waals surface area contributed by atoms with Crippen LogP contribution in [0.5, 0.6) is 5.75 Å². The van der Waals surface area contributed by atoms with E-state index in [9.17, 15) is 0 Å². The van der Waals surface area contributed by atoms with Gasteiger partial charge in [-0.05, 0) is 22.0 Å². The molecule has 0 unspecified atom stereocenters. The predicted molar refractivity (Wildman–Crippen MR) is 61.2 cm³/mol. The zero-order chi connectivity index (χ0) is 10.1. The molecule has 2 aromatic rings. The van der Waals surface area contributed by atoms with E-state index in [2.05, 4.69) is 25.9 Å². The predicted octanol–water partition coefficient (Wildman–Crippen LogP) is 3.06. The summed E-state index contributed by atoms with van der Waals surface area (Å²) in [5.74, 6) is 0.779. The molecule has 14 heavy (non-hydrogen) atoms. The van der Waals surface area contributed by atoms with E-state index in [0.29, 0.717) is 4.64 Å². The molecule has 1 N–H and O–H groups in total. The van der Waals surface area contributed by atoms with E-state index in [-0.39, 0.29) is 0 Å². The number of hydrogen-bond acceptors (Lipinski definition) is 3. The Balaban J connectivity index is 2.90. The average Bonchev–Trinajstić information content (AvgIpc) is 2.17. The third-order valence-electron chi connectivity index (χ3n) is 1.92. The van der Waals surface area contributed by atoms with Gasteiger partial charge in [-0.15, -0.1) is 0 Å². The van der Waals surface area contributed by atoms with Gasteiger partial charge >= 0.3 is 0 Å². The van der Waals surface area contributed by atoms with Crippen LogP contribution in [0.3, 0.4) is 0 Å². The molecule has 0 radical (unpaired) electrons. The molecule has 0 atom stereocenters. The molecule has 1 aromatic carbocycles. The normalized spacial score (nSPS) is 10.4. The highest BCUT2D eigenvalue weighted by atomic mass is 79.9. The van der Waals surface area contributed by atoms with Crippen LogP contribution in [0, 0.1) is 4.64 Å². The lowest BCUT2D eigenvalue weighted by Crippen LogP contribution is -1.88. The van der Waals surface area contributed by atoms with Gasteiger partial charge in [0.05, 0.1) is 19.0 Å². The van der Waals surface area contributed by atoms with Gasteiger partial charge in [-0.25, -0.2) is 4.98 Å². The standard InChI is InChI=1S/C9H7BrN2OS/c1-13-5-2-6(10)8-7(3-5)11-4-12-9(8)14/h2-4H,1H3,(H,11,12,14). The first-order chi connectivity index (χ1) is 6.72. The van der Waals surface area contributed by atoms with Crippen molar-refractivity contribution in [3.63, 3.8) is 0 Å². The number of nitrogens with zero attached hydrogens (tertiary/aromatic N) is 1. The number of methoxy groups -OCH3 is 1. The number of aromatic amines is 1. The highest BCUT2D eigenvalue weighted by Crippen LogP contribution is 2.28. The molecule has 0 spiro atoms. The van der Waals surface area contributed by atoms with Crippen LogP contribution >= 0.6 is 28.1 Å². The van der Waals surface area contributed by atoms with Gasteiger partial charge in [0.15, 0.2) is 0 Å². The van der Waals surface area contributed by atoms with Crippen molar-refractivity contribution in [2.24, 2.45) is 0 Å². The van der Waals surface area contributed by atoms with E-state index in [1.54, 1.807) is 13.4 Å². The Bertz CT molecular complexity index is 538. The van der Waals surface area contributed by atoms with Crippen molar-refractivity contribution in [2.75, 3.05) is 7.11 Å². The largest absolute Gasteiger partial charge is 0.497 e. The second-order valence-electron chi connectivity index (χ2n) is 2.74. The van der Waals surface area contributed by atoms with Gasteiger partial charge in [0.2, 0.25) is 0 Å². The van der Waals surface area contributed by atoms with Gasteiger partial charge < -0.3 is 9.72 Å². The van der Waals surface area contributed by atoms with Gasteiger partial charge in [-0.1, -0.05) is 12.2 Å². The maximum absolute atomic E-state index is 5.14. The molecule has 0 aliphatic heterocycles. The molecule has 72 valence electrons. The lowest BCUT2D eigenvalue weighted by atomic mass is 10.2. The number of rotatable bonds is 1. The summed E-state index contributed by atoms with van der Waals surface area (Å²) in [6.45, 7) is 0. The first-order valence-electron chi connectivity index (χ1n) is 3.93. The number of fused-ring (bicyclic) bond motifs is 1. The van der Waals surface area contributed by atoms with Crippen molar-refractivity contribution in [3.8, 4) is 5.75 Å². The topological polar surface area (TPSA) is 37.9 Å². The maximum atomic E-state index is 5.14. The average molecular weight is 271 g/mol. The van der Waals surface area contributed by atoms with Gasteiger partial charge in [-0.3, -0.25) is 0 Å². The maximum Gasteiger partial charge on any atom is 0.138 e. The van der Waals surface area contributed by atoms with Crippen molar-refractivity contribution in [1.82, 2.24) is 9.97 Å². The fourth-order valence-electron chi connectivity index (χ4n) is 1.26. The van der Waals surface area contributed by atoms with Crippen LogP contribution in [0.25, 0.3) is 10.9 Å². The van der Waals surface area contributed by atoms with Crippen molar-refractivity contribution in [2.45, 2.75) is 0 Å². The molecule has 0 bridgehead atoms. The quantitative estimate of drug-likeness (QED) is 0.810. The van der Waals surface area contributed by atoms with Gasteiger partial charge in [-0.2, -0.15) is 0 Å². The summed E-state index contributed by atoms with van der Waals surface area (Å²) in [6.07, 6.45) is 1.58. The molecule has 0 amide bonds. The van der Waals surface area contributed by atoms with Crippen LogP contribution in [0.4, 0.5) is 0 Å². The third kappa shape index (κ3) is 1.53. The lowest BCUT2D eigenvalue weighted by molar-refractivity contribution is 0.415. The van der Waals surface area contributed by atoms with Crippen LogP contribution in [0.1, 0.15) is 0 Å². The molecule has 0 saturated carbocycles. The van der Waals surface area contributed by atoms with E-state index in [0.717, 1.165) is 21.1 Å². The summed E-state index contributed by atoms with van der Waals surface area (Å²) in [5, 5.41) is 0.906. The molecule has 5 heteroatoms. The highest BCUT2D eigenvalue weighted by Gasteiger charge is 2.04. The van der Waals surface area contributed by atoms with Crippen molar-refractivity contribution >= 4 is 39.1 Å². The Hall–Kier alpha value is -0.940. The number of benzene rings is 1. The van der Waals surface area contributed by atoms with Gasteiger partial charge in [0, 0.05) is 15.9 Å². The Morgan fingerprint density at radius 2 is 2.29 bits per heavy atom. The number of ether oxygens (including phenoxy) is 1. The van der Waals surface area contributed by atoms with Crippen molar-refractivity contribution in [3.05, 3.63) is 27.6 Å². The van der Waals surface area contributed by atoms with Crippen LogP contribution in [0.15, 0.2) is 22.9 Å². The number of H-pyrrole nitrogens is 1. The summed E-state index contributed by atoms with van der Waals surface area (Å²) < 4.78 is 6.61. The summed E-state index contributed by atoms with van der Waals surface area (Å²) >= 11 is 8.55. The van der Waals surface area contributed by atoms with Crippen LogP contribution in [-0.4, -0.2) is 17.1 Å². The number of aromatic nitrogens is 2. The minimum atomic E-state index is 0.577. The minimum Gasteiger partial charge on any atom is -0.497 e. The first kappa shape index (κ1) is 9.61. The first-order valence-corrected chi connectivity index (χ1v) is 5.13. The molecule has 3 nitrogen and oxygen atoms in total. The molecule has 1 heterocycles. The molecule has 2 rings (SSSR count). The van der Waals surface area contributed by atoms with Crippen LogP contribution in [0.2, 0.25) is 0 Å². The van der Waals surface area contributed by atoms with E-state index in [1.807, 2.05) is 12.1 Å². The Labute approximate surface area is 94.3 Å². The fourth-order valence-corrected chi connectivity index (χ4v) is 2.29. The van der Waals surface area contributed by atoms with Gasteiger partial charge in [0.1, 0.15) is 10.4 Å². The van der Waals surface area contributed by atoms with E-state index < -0.39 is 0 Å². The van der Waals surface area contributed by atoms with E-state index >= 15 is 0 Å². The molecule has 0 aliphatic carbocycles. The van der Waals surface area contributed by atoms with Crippen molar-refractivity contribution < 1.29 is 4.74 Å². The summed E-state index contributed by atoms with van der Waals surface area (Å²) in [6, 6.07) is 3.76. The zero-order valence-corrected chi connectivity index (χ0v) is 9.78. The third-order valence-corrected chi connectivity index (χ3v) is 2.85. The number of nitrogens with one attached hydrogen (secondary N) is 1. The van der Waals surface area contributed by atoms with Crippen LogP contribution < -0.4 is 4.74 Å². The number of halogens is 1. The monoisotopic (exact) mass is 270 g/mol. The Morgan fingerprint density at radius 1 is 1.50 bits per heavy atom. The SMILES string of the molecule is COc1cc(Br)c2c(=S)nc[nH]c2c1. The Morgan fingerprint density at radius 3 is 3.00 bits per heavy atom. The molecule has 0 fully saturated rings. The Kier molecular flexibility index (Phi) is 2.52. The lowest BCUT2D eigenvalue weighted by Gasteiger charge is -2.04. The number of hydrogen-bond donors (Lipinski definition) is 1. The summed E-state index contributed by atoms with van der Waals surface area (Å²) in [4.78, 5) is 7.03. The smallest absolute Gasteiger partial charge is 0.138 e. The zero-order valence-electron chi connectivity index (χ0n) is 7.37. The molecular formula is C9H7BrN2OS. The second-order valence-corrected chi connectivity index (χ2v) is 3.98. The second kappa shape index (κ2) is 3.67. The van der Waals surface area contributed by atoms with Crippen molar-refractivity contribution in [1.29, 1.82) is 0 Å². The summed E-state index contributed by atoms with van der Waals surface area (Å²) in [5.41, 5.74) is 0.913. The molecule has 1 aromatic heterocycles. The fraction of sp³-hybridized carbons (Fsp3) is 0.111. The minimum absolute atomic E-state index is 0.577. The van der Waals surface area contributed by atoms with E-state index in [4.69, 9.17) is 17.0 Å².